The van der Waals surface area contributed by atoms with Gasteiger partial charge in [0.1, 0.15) is 4.34 Å². The predicted octanol–water partition coefficient (Wildman–Crippen LogP) is 2.82. The Hall–Kier alpha value is -1.43. The predicted molar refractivity (Wildman–Crippen MR) is 94.0 cm³/mol. The Morgan fingerprint density at radius 1 is 1.43 bits per heavy atom. The first kappa shape index (κ1) is 16.4. The molecule has 2 heterocycles. The van der Waals surface area contributed by atoms with Crippen molar-refractivity contribution in [2.75, 3.05) is 13.6 Å². The standard InChI is InChI=1S/C17H20ClN3OS/c1-11-16(18)23-15(20-11)7-8-19-17(22)14-9-12-5-3-4-6-13(12)10-21(14)2/h3-6,14H,7-10H2,1-2H3,(H,19,22)/t14-/m0/s1. The van der Waals surface area contributed by atoms with Gasteiger partial charge < -0.3 is 5.32 Å². The molecule has 0 saturated carbocycles. The van der Waals surface area contributed by atoms with Crippen LogP contribution in [0.2, 0.25) is 4.34 Å². The number of rotatable bonds is 4. The van der Waals surface area contributed by atoms with Gasteiger partial charge in [-0.2, -0.15) is 0 Å². The minimum Gasteiger partial charge on any atom is -0.354 e. The lowest BCUT2D eigenvalue weighted by Gasteiger charge is -2.33. The fourth-order valence-corrected chi connectivity index (χ4v) is 3.99. The summed E-state index contributed by atoms with van der Waals surface area (Å²) in [5.74, 6) is 0.0846. The van der Waals surface area contributed by atoms with E-state index in [4.69, 9.17) is 11.6 Å². The van der Waals surface area contributed by atoms with Gasteiger partial charge in [-0.3, -0.25) is 9.69 Å². The van der Waals surface area contributed by atoms with Crippen molar-refractivity contribution in [2.45, 2.75) is 32.4 Å². The Labute approximate surface area is 145 Å². The number of aromatic nitrogens is 1. The third-order valence-corrected chi connectivity index (χ3v) is 5.72. The van der Waals surface area contributed by atoms with Gasteiger partial charge in [0.15, 0.2) is 0 Å². The molecule has 3 rings (SSSR count). The largest absolute Gasteiger partial charge is 0.354 e. The number of aryl methyl sites for hydroxylation is 1. The zero-order valence-corrected chi connectivity index (χ0v) is 14.9. The first-order valence-corrected chi connectivity index (χ1v) is 8.90. The number of hydrogen-bond acceptors (Lipinski definition) is 4. The zero-order chi connectivity index (χ0) is 16.4. The first-order valence-electron chi connectivity index (χ1n) is 7.71. The van der Waals surface area contributed by atoms with E-state index in [1.54, 1.807) is 0 Å². The van der Waals surface area contributed by atoms with Crippen LogP contribution in [0.15, 0.2) is 24.3 Å². The SMILES string of the molecule is Cc1nc(CCNC(=O)[C@@H]2Cc3ccccc3CN2C)sc1Cl. The Bertz CT molecular complexity index is 696. The summed E-state index contributed by atoms with van der Waals surface area (Å²) in [4.78, 5) is 19.0. The van der Waals surface area contributed by atoms with Crippen molar-refractivity contribution < 1.29 is 4.79 Å². The average Bonchev–Trinajstić information content (AvgIpc) is 2.84. The van der Waals surface area contributed by atoms with Gasteiger partial charge in [-0.05, 0) is 31.5 Å². The van der Waals surface area contributed by atoms with E-state index in [2.05, 4.69) is 27.3 Å². The van der Waals surface area contributed by atoms with Gasteiger partial charge in [0.2, 0.25) is 5.91 Å². The fourth-order valence-electron chi connectivity index (χ4n) is 2.90. The summed E-state index contributed by atoms with van der Waals surface area (Å²) in [6, 6.07) is 8.23. The second-order valence-corrected chi connectivity index (χ2v) is 7.60. The highest BCUT2D eigenvalue weighted by atomic mass is 35.5. The summed E-state index contributed by atoms with van der Waals surface area (Å²) in [5.41, 5.74) is 3.45. The Morgan fingerprint density at radius 2 is 2.17 bits per heavy atom. The minimum atomic E-state index is -0.105. The maximum atomic E-state index is 12.5. The number of amides is 1. The number of halogens is 1. The van der Waals surface area contributed by atoms with E-state index < -0.39 is 0 Å². The number of carbonyl (C=O) groups excluding carboxylic acids is 1. The molecule has 0 radical (unpaired) electrons. The maximum absolute atomic E-state index is 12.5. The van der Waals surface area contributed by atoms with Crippen LogP contribution < -0.4 is 5.32 Å². The van der Waals surface area contributed by atoms with Gasteiger partial charge in [0.25, 0.3) is 0 Å². The fraction of sp³-hybridized carbons (Fsp3) is 0.412. The van der Waals surface area contributed by atoms with Crippen LogP contribution in [0.3, 0.4) is 0 Å². The van der Waals surface area contributed by atoms with E-state index in [0.29, 0.717) is 6.54 Å². The Kier molecular flexibility index (Phi) is 4.99. The number of nitrogens with zero attached hydrogens (tertiary/aromatic N) is 2. The van der Waals surface area contributed by atoms with Crippen LogP contribution in [-0.2, 0) is 24.2 Å². The molecule has 0 unspecified atom stereocenters. The lowest BCUT2D eigenvalue weighted by Crippen LogP contribution is -2.48. The summed E-state index contributed by atoms with van der Waals surface area (Å²) in [6.07, 6.45) is 1.48. The molecule has 2 aromatic rings. The number of thiazole rings is 1. The van der Waals surface area contributed by atoms with E-state index in [-0.39, 0.29) is 11.9 Å². The lowest BCUT2D eigenvalue weighted by molar-refractivity contribution is -0.126. The van der Waals surface area contributed by atoms with Crippen molar-refractivity contribution in [1.29, 1.82) is 0 Å². The third-order valence-electron chi connectivity index (χ3n) is 4.21. The van der Waals surface area contributed by atoms with Gasteiger partial charge in [-0.15, -0.1) is 11.3 Å². The van der Waals surface area contributed by atoms with Crippen molar-refractivity contribution in [3.8, 4) is 0 Å². The van der Waals surface area contributed by atoms with E-state index in [0.717, 1.165) is 34.4 Å². The first-order chi connectivity index (χ1) is 11.0. The van der Waals surface area contributed by atoms with Crippen molar-refractivity contribution in [1.82, 2.24) is 15.2 Å². The molecule has 1 aromatic carbocycles. The van der Waals surface area contributed by atoms with Gasteiger partial charge in [-0.25, -0.2) is 4.98 Å². The summed E-state index contributed by atoms with van der Waals surface area (Å²) < 4.78 is 0.731. The Morgan fingerprint density at radius 3 is 2.87 bits per heavy atom. The summed E-state index contributed by atoms with van der Waals surface area (Å²) in [7, 11) is 2.00. The maximum Gasteiger partial charge on any atom is 0.237 e. The number of hydrogen-bond donors (Lipinski definition) is 1. The second-order valence-electron chi connectivity index (χ2n) is 5.91. The molecule has 1 atom stereocenters. The molecule has 1 aliphatic heterocycles. The van der Waals surface area contributed by atoms with Crippen molar-refractivity contribution in [2.24, 2.45) is 0 Å². The van der Waals surface area contributed by atoms with Gasteiger partial charge in [-0.1, -0.05) is 35.9 Å². The van der Waals surface area contributed by atoms with Gasteiger partial charge >= 0.3 is 0 Å². The van der Waals surface area contributed by atoms with Crippen LogP contribution in [0.25, 0.3) is 0 Å². The van der Waals surface area contributed by atoms with Gasteiger partial charge in [0, 0.05) is 19.5 Å². The minimum absolute atomic E-state index is 0.0846. The molecule has 4 nitrogen and oxygen atoms in total. The topological polar surface area (TPSA) is 45.2 Å². The third kappa shape index (κ3) is 3.74. The molecule has 1 amide bonds. The molecule has 1 N–H and O–H groups in total. The van der Waals surface area contributed by atoms with E-state index in [1.165, 1.54) is 22.5 Å². The molecular weight excluding hydrogens is 330 g/mol. The molecule has 0 bridgehead atoms. The molecule has 1 aliphatic rings. The molecule has 0 aliphatic carbocycles. The highest BCUT2D eigenvalue weighted by molar-refractivity contribution is 7.16. The van der Waals surface area contributed by atoms with Crippen molar-refractivity contribution in [3.05, 3.63) is 50.4 Å². The van der Waals surface area contributed by atoms with Crippen molar-refractivity contribution in [3.63, 3.8) is 0 Å². The van der Waals surface area contributed by atoms with Crippen LogP contribution in [0.5, 0.6) is 0 Å². The van der Waals surface area contributed by atoms with E-state index in [1.807, 2.05) is 26.1 Å². The monoisotopic (exact) mass is 349 g/mol. The molecular formula is C17H20ClN3OS. The summed E-state index contributed by atoms with van der Waals surface area (Å²) in [5, 5.41) is 4.00. The molecule has 23 heavy (non-hydrogen) atoms. The number of benzene rings is 1. The number of likely N-dealkylation sites (N-methyl/N-ethyl adjacent to an activating group) is 1. The molecule has 0 saturated heterocycles. The Balaban J connectivity index is 1.56. The van der Waals surface area contributed by atoms with Crippen LogP contribution in [0.4, 0.5) is 0 Å². The quantitative estimate of drug-likeness (QED) is 0.923. The molecule has 6 heteroatoms. The molecule has 122 valence electrons. The van der Waals surface area contributed by atoms with Crippen LogP contribution >= 0.6 is 22.9 Å². The highest BCUT2D eigenvalue weighted by Crippen LogP contribution is 2.24. The van der Waals surface area contributed by atoms with E-state index in [9.17, 15) is 4.79 Å². The smallest absolute Gasteiger partial charge is 0.237 e. The van der Waals surface area contributed by atoms with Crippen LogP contribution in [0, 0.1) is 6.92 Å². The zero-order valence-electron chi connectivity index (χ0n) is 13.3. The van der Waals surface area contributed by atoms with Crippen LogP contribution in [0.1, 0.15) is 21.8 Å². The second kappa shape index (κ2) is 6.99. The van der Waals surface area contributed by atoms with Crippen LogP contribution in [-0.4, -0.2) is 35.4 Å². The normalized spacial score (nSPS) is 17.8. The highest BCUT2D eigenvalue weighted by Gasteiger charge is 2.28. The molecule has 0 fully saturated rings. The molecule has 1 aromatic heterocycles. The number of nitrogens with one attached hydrogen (secondary N) is 1. The van der Waals surface area contributed by atoms with E-state index >= 15 is 0 Å². The number of fused-ring (bicyclic) bond motifs is 1. The summed E-state index contributed by atoms with van der Waals surface area (Å²) in [6.45, 7) is 3.30. The summed E-state index contributed by atoms with van der Waals surface area (Å²) >= 11 is 7.51. The van der Waals surface area contributed by atoms with Gasteiger partial charge in [0.05, 0.1) is 16.7 Å². The van der Waals surface area contributed by atoms with Crippen molar-refractivity contribution >= 4 is 28.8 Å². The number of carbonyl (C=O) groups is 1. The molecule has 0 spiro atoms. The average molecular weight is 350 g/mol. The lowest BCUT2D eigenvalue weighted by atomic mass is 9.94.